The van der Waals surface area contributed by atoms with Crippen LogP contribution in [-0.4, -0.2) is 32.6 Å². The monoisotopic (exact) mass is 268 g/mol. The topological polar surface area (TPSA) is 16.1 Å². The van der Waals surface area contributed by atoms with Gasteiger partial charge < -0.3 is 0 Å². The van der Waals surface area contributed by atoms with E-state index in [0.717, 1.165) is 0 Å². The fraction of sp³-hybridized carbons (Fsp3) is 0.583. The van der Waals surface area contributed by atoms with E-state index >= 15 is 0 Å². The molecule has 0 unspecified atom stereocenters. The van der Waals surface area contributed by atoms with Crippen LogP contribution in [0.15, 0.2) is 6.08 Å². The number of rotatable bonds is 1. The van der Waals surface area contributed by atoms with E-state index in [9.17, 15) is 0 Å². The Morgan fingerprint density at radius 2 is 2.07 bits per heavy atom. The molecule has 1 aromatic rings. The van der Waals surface area contributed by atoms with E-state index in [0.29, 0.717) is 14.5 Å². The fourth-order valence-corrected chi connectivity index (χ4v) is 4.63. The first kappa shape index (κ1) is 9.68. The molecule has 2 aliphatic rings. The van der Waals surface area contributed by atoms with E-state index in [1.165, 1.54) is 55.6 Å². The predicted molar refractivity (Wildman–Crippen MR) is 64.6 cm³/mol. The molecule has 0 bridgehead atoms. The van der Waals surface area contributed by atoms with Gasteiger partial charge in [0.05, 0.1) is 0 Å². The van der Waals surface area contributed by atoms with Crippen LogP contribution in [0, 0.1) is 0 Å². The molecule has 1 aliphatic carbocycles. The molecular formula is C12H16N2Se. The Bertz CT molecular complexity index is 375. The van der Waals surface area contributed by atoms with Crippen molar-refractivity contribution in [2.45, 2.75) is 32.1 Å². The first-order chi connectivity index (χ1) is 7.43. The molecule has 0 atom stereocenters. The first-order valence-electron chi connectivity index (χ1n) is 5.85. The van der Waals surface area contributed by atoms with Crippen molar-refractivity contribution in [3.8, 4) is 0 Å². The first-order valence-corrected chi connectivity index (χ1v) is 7.56. The van der Waals surface area contributed by atoms with Gasteiger partial charge in [-0.3, -0.25) is 0 Å². The van der Waals surface area contributed by atoms with Gasteiger partial charge in [-0.05, 0) is 0 Å². The average molecular weight is 267 g/mol. The van der Waals surface area contributed by atoms with Crippen molar-refractivity contribution in [2.75, 3.05) is 18.0 Å². The normalized spacial score (nSPS) is 20.4. The van der Waals surface area contributed by atoms with E-state index in [1.54, 1.807) is 4.44 Å². The zero-order valence-electron chi connectivity index (χ0n) is 8.91. The number of aryl methyl sites for hydroxylation is 1. The summed E-state index contributed by atoms with van der Waals surface area (Å²) in [5.41, 5.74) is 1.29. The van der Waals surface area contributed by atoms with Crippen molar-refractivity contribution in [3.63, 3.8) is 0 Å². The van der Waals surface area contributed by atoms with Crippen LogP contribution in [0.3, 0.4) is 0 Å². The summed E-state index contributed by atoms with van der Waals surface area (Å²) in [6, 6.07) is 0. The van der Waals surface area contributed by atoms with E-state index < -0.39 is 0 Å². The molecule has 1 aromatic heterocycles. The van der Waals surface area contributed by atoms with Crippen molar-refractivity contribution in [1.82, 2.24) is 4.98 Å². The van der Waals surface area contributed by atoms with E-state index in [2.05, 4.69) is 17.1 Å². The van der Waals surface area contributed by atoms with Gasteiger partial charge in [-0.2, -0.15) is 0 Å². The Hall–Kier alpha value is -0.531. The summed E-state index contributed by atoms with van der Waals surface area (Å²) in [6.45, 7) is 2.48. The molecule has 1 saturated heterocycles. The summed E-state index contributed by atoms with van der Waals surface area (Å²) in [5, 5.41) is 0. The summed E-state index contributed by atoms with van der Waals surface area (Å²) in [5.74, 6) is 0. The standard InChI is InChI=1S/C12H16N2Se/c1-4-8-14(9-5-1)12-13-10-6-2-3-7-11(10)15-12/h2,6H,1,3-5,7-9H2. The van der Waals surface area contributed by atoms with E-state index in [4.69, 9.17) is 4.98 Å². The molecule has 0 radical (unpaired) electrons. The molecule has 3 rings (SSSR count). The van der Waals surface area contributed by atoms with Gasteiger partial charge in [-0.25, -0.2) is 0 Å². The number of allylic oxidation sites excluding steroid dienone is 1. The van der Waals surface area contributed by atoms with Gasteiger partial charge in [0, 0.05) is 0 Å². The maximum atomic E-state index is 4.80. The predicted octanol–water partition coefficient (Wildman–Crippen LogP) is 2.09. The van der Waals surface area contributed by atoms with Gasteiger partial charge in [-0.15, -0.1) is 0 Å². The summed E-state index contributed by atoms with van der Waals surface area (Å²) in [4.78, 5) is 7.32. The molecular weight excluding hydrogens is 251 g/mol. The summed E-state index contributed by atoms with van der Waals surface area (Å²) in [7, 11) is 0. The Balaban J connectivity index is 1.85. The van der Waals surface area contributed by atoms with Gasteiger partial charge in [0.15, 0.2) is 0 Å². The summed E-state index contributed by atoms with van der Waals surface area (Å²) >= 11 is 0.539. The second kappa shape index (κ2) is 4.15. The van der Waals surface area contributed by atoms with Crippen LogP contribution in [-0.2, 0) is 6.42 Å². The molecule has 80 valence electrons. The van der Waals surface area contributed by atoms with E-state index in [-0.39, 0.29) is 0 Å². The molecule has 1 aliphatic heterocycles. The Kier molecular flexibility index (Phi) is 2.68. The molecule has 1 fully saturated rings. The molecule has 2 nitrogen and oxygen atoms in total. The second-order valence-electron chi connectivity index (χ2n) is 4.29. The molecule has 0 saturated carbocycles. The molecule has 2 heterocycles. The molecule has 0 spiro atoms. The number of anilines is 1. The Morgan fingerprint density at radius 1 is 1.20 bits per heavy atom. The Labute approximate surface area is 96.8 Å². The van der Waals surface area contributed by atoms with Crippen LogP contribution in [0.5, 0.6) is 0 Å². The van der Waals surface area contributed by atoms with Crippen LogP contribution in [0.4, 0.5) is 4.69 Å². The third kappa shape index (κ3) is 1.91. The van der Waals surface area contributed by atoms with Crippen molar-refractivity contribution in [1.29, 1.82) is 0 Å². The molecule has 15 heavy (non-hydrogen) atoms. The minimum atomic E-state index is 0.539. The third-order valence-electron chi connectivity index (χ3n) is 3.16. The molecule has 0 aromatic carbocycles. The van der Waals surface area contributed by atoms with Crippen molar-refractivity contribution < 1.29 is 0 Å². The van der Waals surface area contributed by atoms with Gasteiger partial charge in [0.1, 0.15) is 0 Å². The molecule has 0 amide bonds. The van der Waals surface area contributed by atoms with Gasteiger partial charge >= 0.3 is 96.6 Å². The molecule has 3 heteroatoms. The second-order valence-corrected chi connectivity index (χ2v) is 6.52. The van der Waals surface area contributed by atoms with E-state index in [1.807, 2.05) is 0 Å². The number of hydrogen-bond donors (Lipinski definition) is 0. The number of hydrogen-bond acceptors (Lipinski definition) is 2. The van der Waals surface area contributed by atoms with Crippen LogP contribution in [0.2, 0.25) is 0 Å². The van der Waals surface area contributed by atoms with Crippen LogP contribution < -0.4 is 4.90 Å². The fourth-order valence-electron chi connectivity index (χ4n) is 2.29. The number of fused-ring (bicyclic) bond motifs is 1. The van der Waals surface area contributed by atoms with Gasteiger partial charge in [0.2, 0.25) is 0 Å². The maximum absolute atomic E-state index is 4.80. The van der Waals surface area contributed by atoms with Crippen LogP contribution in [0.1, 0.15) is 35.8 Å². The average Bonchev–Trinajstić information content (AvgIpc) is 2.74. The van der Waals surface area contributed by atoms with Crippen LogP contribution in [0.25, 0.3) is 6.08 Å². The van der Waals surface area contributed by atoms with Crippen molar-refractivity contribution in [3.05, 3.63) is 16.2 Å². The van der Waals surface area contributed by atoms with Crippen molar-refractivity contribution in [2.24, 2.45) is 0 Å². The quantitative estimate of drug-likeness (QED) is 0.724. The summed E-state index contributed by atoms with van der Waals surface area (Å²) in [6.07, 6.45) is 11.1. The van der Waals surface area contributed by atoms with Gasteiger partial charge in [0.25, 0.3) is 0 Å². The van der Waals surface area contributed by atoms with Crippen LogP contribution >= 0.6 is 0 Å². The Morgan fingerprint density at radius 3 is 2.87 bits per heavy atom. The molecule has 0 N–H and O–H groups in total. The minimum absolute atomic E-state index is 0.539. The number of piperidine rings is 1. The SMILES string of the molecule is C1=Cc2nc(N3CCCCC3)[se]c2CC1. The van der Waals surface area contributed by atoms with Crippen molar-refractivity contribution >= 4 is 25.3 Å². The third-order valence-corrected chi connectivity index (χ3v) is 5.66. The van der Waals surface area contributed by atoms with Gasteiger partial charge in [-0.1, -0.05) is 0 Å². The zero-order chi connectivity index (χ0) is 10.1. The summed E-state index contributed by atoms with van der Waals surface area (Å²) < 4.78 is 3.03. The number of aromatic nitrogens is 1. The number of nitrogens with zero attached hydrogens (tertiary/aromatic N) is 2. The zero-order valence-corrected chi connectivity index (χ0v) is 10.6.